The first kappa shape index (κ1) is 12.5. The maximum absolute atomic E-state index is 9.25. The Bertz CT molecular complexity index is 562. The average Bonchev–Trinajstić information content (AvgIpc) is 2.40. The summed E-state index contributed by atoms with van der Waals surface area (Å²) in [7, 11) is 0. The van der Waals surface area contributed by atoms with E-state index in [9.17, 15) is 5.11 Å². The summed E-state index contributed by atoms with van der Waals surface area (Å²) in [6, 6.07) is 15.9. The Kier molecular flexibility index (Phi) is 3.45. The van der Waals surface area contributed by atoms with E-state index in [1.54, 1.807) is 0 Å². The molecule has 0 bridgehead atoms. The highest BCUT2D eigenvalue weighted by Gasteiger charge is 2.29. The number of aliphatic hydroxyl groups is 1. The van der Waals surface area contributed by atoms with Crippen molar-refractivity contribution < 1.29 is 9.84 Å². The summed E-state index contributed by atoms with van der Waals surface area (Å²) in [6.07, 6.45) is 1.26. The van der Waals surface area contributed by atoms with Crippen molar-refractivity contribution in [3.63, 3.8) is 0 Å². The zero-order valence-corrected chi connectivity index (χ0v) is 11.2. The first-order valence-corrected chi connectivity index (χ1v) is 6.80. The number of rotatable bonds is 3. The predicted octanol–water partition coefficient (Wildman–Crippen LogP) is 3.91. The van der Waals surface area contributed by atoms with Crippen molar-refractivity contribution in [2.75, 3.05) is 0 Å². The number of halogens is 1. The molecule has 1 aliphatic rings. The number of hydrogen-bond acceptors (Lipinski definition) is 2. The highest BCUT2D eigenvalue weighted by molar-refractivity contribution is 6.32. The lowest BCUT2D eigenvalue weighted by Crippen LogP contribution is -2.37. The molecule has 2 aromatic carbocycles. The summed E-state index contributed by atoms with van der Waals surface area (Å²) in [5.74, 6) is 0.693. The molecule has 1 saturated carbocycles. The smallest absolute Gasteiger partial charge is 0.138 e. The van der Waals surface area contributed by atoms with Gasteiger partial charge in [-0.25, -0.2) is 0 Å². The molecule has 0 saturated heterocycles. The van der Waals surface area contributed by atoms with Crippen molar-refractivity contribution in [3.8, 4) is 16.9 Å². The van der Waals surface area contributed by atoms with Crippen LogP contribution in [-0.2, 0) is 0 Å². The van der Waals surface area contributed by atoms with Gasteiger partial charge in [0.2, 0.25) is 0 Å². The molecular weight excluding hydrogens is 260 g/mol. The number of aliphatic hydroxyl groups excluding tert-OH is 1. The Morgan fingerprint density at radius 2 is 1.74 bits per heavy atom. The quantitative estimate of drug-likeness (QED) is 0.919. The summed E-state index contributed by atoms with van der Waals surface area (Å²) >= 11 is 6.25. The molecule has 0 aromatic heterocycles. The molecule has 2 aromatic rings. The van der Waals surface area contributed by atoms with Gasteiger partial charge in [-0.05, 0) is 23.3 Å². The molecule has 0 aliphatic heterocycles. The van der Waals surface area contributed by atoms with Gasteiger partial charge in [-0.1, -0.05) is 48.0 Å². The van der Waals surface area contributed by atoms with Crippen molar-refractivity contribution in [1.29, 1.82) is 0 Å². The first-order chi connectivity index (χ1) is 9.22. The number of ether oxygens (including phenoxy) is 1. The molecule has 3 heteroatoms. The van der Waals surface area contributed by atoms with Crippen molar-refractivity contribution >= 4 is 11.6 Å². The van der Waals surface area contributed by atoms with E-state index in [1.807, 2.05) is 36.4 Å². The third kappa shape index (κ3) is 2.75. The average molecular weight is 275 g/mol. The van der Waals surface area contributed by atoms with Gasteiger partial charge in [0.15, 0.2) is 0 Å². The molecular formula is C16H15ClO2. The van der Waals surface area contributed by atoms with Gasteiger partial charge in [0.1, 0.15) is 11.9 Å². The lowest BCUT2D eigenvalue weighted by atomic mass is 9.92. The molecule has 0 spiro atoms. The van der Waals surface area contributed by atoms with Crippen LogP contribution < -0.4 is 4.74 Å². The molecule has 0 heterocycles. The molecule has 0 amide bonds. The summed E-state index contributed by atoms with van der Waals surface area (Å²) in [5.41, 5.74) is 2.21. The molecule has 0 atom stereocenters. The molecule has 0 radical (unpaired) electrons. The summed E-state index contributed by atoms with van der Waals surface area (Å²) in [5, 5.41) is 9.86. The van der Waals surface area contributed by atoms with E-state index in [4.69, 9.17) is 16.3 Å². The Morgan fingerprint density at radius 1 is 1.00 bits per heavy atom. The van der Waals surface area contributed by atoms with Crippen LogP contribution in [0.1, 0.15) is 12.8 Å². The monoisotopic (exact) mass is 274 g/mol. The van der Waals surface area contributed by atoms with Gasteiger partial charge in [0.25, 0.3) is 0 Å². The van der Waals surface area contributed by atoms with Crippen LogP contribution in [-0.4, -0.2) is 17.3 Å². The second-order valence-corrected chi connectivity index (χ2v) is 5.28. The largest absolute Gasteiger partial charge is 0.489 e. The molecule has 1 fully saturated rings. The zero-order valence-electron chi connectivity index (χ0n) is 10.4. The predicted molar refractivity (Wildman–Crippen MR) is 76.5 cm³/mol. The van der Waals surface area contributed by atoms with Crippen LogP contribution in [0.2, 0.25) is 5.02 Å². The maximum Gasteiger partial charge on any atom is 0.138 e. The summed E-state index contributed by atoms with van der Waals surface area (Å²) in [4.78, 5) is 0. The molecule has 19 heavy (non-hydrogen) atoms. The molecule has 98 valence electrons. The van der Waals surface area contributed by atoms with Gasteiger partial charge in [-0.2, -0.15) is 0 Å². The highest BCUT2D eigenvalue weighted by Crippen LogP contribution is 2.33. The standard InChI is InChI=1S/C16H15ClO2/c17-15-8-12(11-4-2-1-3-5-11)6-7-16(15)19-14-9-13(18)10-14/h1-8,13-14,18H,9-10H2. The van der Waals surface area contributed by atoms with Crippen LogP contribution in [0.5, 0.6) is 5.75 Å². The third-order valence-electron chi connectivity index (χ3n) is 3.40. The fraction of sp³-hybridized carbons (Fsp3) is 0.250. The third-order valence-corrected chi connectivity index (χ3v) is 3.70. The molecule has 0 unspecified atom stereocenters. The second-order valence-electron chi connectivity index (χ2n) is 4.88. The highest BCUT2D eigenvalue weighted by atomic mass is 35.5. The minimum absolute atomic E-state index is 0.0927. The summed E-state index contributed by atoms with van der Waals surface area (Å²) < 4.78 is 5.75. The van der Waals surface area contributed by atoms with E-state index in [1.165, 1.54) is 0 Å². The van der Waals surface area contributed by atoms with Crippen molar-refractivity contribution in [1.82, 2.24) is 0 Å². The van der Waals surface area contributed by atoms with Crippen LogP contribution in [0.4, 0.5) is 0 Å². The van der Waals surface area contributed by atoms with Gasteiger partial charge in [0.05, 0.1) is 11.1 Å². The van der Waals surface area contributed by atoms with E-state index in [0.29, 0.717) is 23.6 Å². The van der Waals surface area contributed by atoms with Crippen LogP contribution in [0.15, 0.2) is 48.5 Å². The SMILES string of the molecule is OC1CC(Oc2ccc(-c3ccccc3)cc2Cl)C1. The van der Waals surface area contributed by atoms with Gasteiger partial charge >= 0.3 is 0 Å². The van der Waals surface area contributed by atoms with Crippen molar-refractivity contribution in [2.24, 2.45) is 0 Å². The molecule has 3 rings (SSSR count). The lowest BCUT2D eigenvalue weighted by molar-refractivity contribution is -0.0107. The summed E-state index contributed by atoms with van der Waals surface area (Å²) in [6.45, 7) is 0. The number of hydrogen-bond donors (Lipinski definition) is 1. The Labute approximate surface area is 117 Å². The van der Waals surface area contributed by atoms with Gasteiger partial charge in [-0.15, -0.1) is 0 Å². The van der Waals surface area contributed by atoms with Crippen LogP contribution in [0.25, 0.3) is 11.1 Å². The van der Waals surface area contributed by atoms with E-state index in [-0.39, 0.29) is 12.2 Å². The van der Waals surface area contributed by atoms with Gasteiger partial charge in [-0.3, -0.25) is 0 Å². The van der Waals surface area contributed by atoms with Crippen molar-refractivity contribution in [2.45, 2.75) is 25.0 Å². The van der Waals surface area contributed by atoms with Crippen LogP contribution in [0, 0.1) is 0 Å². The first-order valence-electron chi connectivity index (χ1n) is 6.42. The Balaban J connectivity index is 1.78. The second kappa shape index (κ2) is 5.24. The minimum Gasteiger partial charge on any atom is -0.489 e. The maximum atomic E-state index is 9.25. The van der Waals surface area contributed by atoms with E-state index in [0.717, 1.165) is 11.1 Å². The molecule has 1 aliphatic carbocycles. The topological polar surface area (TPSA) is 29.5 Å². The van der Waals surface area contributed by atoms with E-state index < -0.39 is 0 Å². The lowest BCUT2D eigenvalue weighted by Gasteiger charge is -2.31. The minimum atomic E-state index is -0.215. The Hall–Kier alpha value is -1.51. The Morgan fingerprint density at radius 3 is 2.37 bits per heavy atom. The van der Waals surface area contributed by atoms with Crippen LogP contribution in [0.3, 0.4) is 0 Å². The zero-order chi connectivity index (χ0) is 13.2. The molecule has 2 nitrogen and oxygen atoms in total. The normalized spacial score (nSPS) is 21.8. The van der Waals surface area contributed by atoms with E-state index >= 15 is 0 Å². The van der Waals surface area contributed by atoms with E-state index in [2.05, 4.69) is 12.1 Å². The van der Waals surface area contributed by atoms with Crippen LogP contribution >= 0.6 is 11.6 Å². The van der Waals surface area contributed by atoms with Crippen molar-refractivity contribution in [3.05, 3.63) is 53.6 Å². The fourth-order valence-corrected chi connectivity index (χ4v) is 2.45. The fourth-order valence-electron chi connectivity index (χ4n) is 2.22. The van der Waals surface area contributed by atoms with Gasteiger partial charge in [0, 0.05) is 12.8 Å². The van der Waals surface area contributed by atoms with Gasteiger partial charge < -0.3 is 9.84 Å². The number of benzene rings is 2. The molecule has 1 N–H and O–H groups in total.